The number of fused-ring (bicyclic) bond motifs is 2. The molecule has 0 aliphatic heterocycles. The van der Waals surface area contributed by atoms with Gasteiger partial charge in [-0.15, -0.1) is 0 Å². The summed E-state index contributed by atoms with van der Waals surface area (Å²) in [5.41, 5.74) is 3.64. The Labute approximate surface area is 220 Å². The fraction of sp³-hybridized carbons (Fsp3) is 0.214. The molecule has 1 saturated carbocycles. The Bertz CT molecular complexity index is 1700. The topological polar surface area (TPSA) is 101 Å². The summed E-state index contributed by atoms with van der Waals surface area (Å²) in [6.45, 7) is 0. The number of hydrogen-bond acceptors (Lipinski definition) is 5. The largest absolute Gasteiger partial charge is 0.324 e. The van der Waals surface area contributed by atoms with Gasteiger partial charge in [0.2, 0.25) is 5.43 Å². The first kappa shape index (κ1) is 23.8. The highest BCUT2D eigenvalue weighted by Gasteiger charge is 2.20. The van der Waals surface area contributed by atoms with Gasteiger partial charge < -0.3 is 4.98 Å². The first-order chi connectivity index (χ1) is 18.0. The molecule has 2 aromatic carbocycles. The standard InChI is InChI=1S/C28H24ClN5O2S/c29-21-14-20(13-19-11-6-12-30-24(19)21)26-25(18-9-2-1-3-10-18)33-28-27(32-26)22(35)15-23(31-28)34-37(36)16-17-7-4-5-8-17/h1-3,6,9-15,17H,4-5,7-8,16H2,(H2,31,33,34,35). The Balaban J connectivity index is 1.47. The van der Waals surface area contributed by atoms with Crippen molar-refractivity contribution in [2.45, 2.75) is 25.7 Å². The maximum Gasteiger partial charge on any atom is 0.211 e. The van der Waals surface area contributed by atoms with Crippen molar-refractivity contribution in [1.29, 1.82) is 0 Å². The summed E-state index contributed by atoms with van der Waals surface area (Å²) in [6, 6.07) is 18.6. The minimum absolute atomic E-state index is 0.198. The van der Waals surface area contributed by atoms with E-state index in [2.05, 4.69) is 14.7 Å². The van der Waals surface area contributed by atoms with Crippen LogP contribution in [0.5, 0.6) is 0 Å². The monoisotopic (exact) mass is 529 g/mol. The van der Waals surface area contributed by atoms with Crippen molar-refractivity contribution >= 4 is 50.5 Å². The van der Waals surface area contributed by atoms with Crippen LogP contribution in [0.1, 0.15) is 25.7 Å². The molecule has 1 unspecified atom stereocenters. The number of pyridine rings is 2. The third-order valence-electron chi connectivity index (χ3n) is 6.72. The lowest BCUT2D eigenvalue weighted by molar-refractivity contribution is 0.606. The summed E-state index contributed by atoms with van der Waals surface area (Å²) < 4.78 is 15.7. The number of halogens is 1. The number of rotatable bonds is 6. The van der Waals surface area contributed by atoms with Crippen molar-refractivity contribution < 1.29 is 4.21 Å². The molecule has 0 bridgehead atoms. The Morgan fingerprint density at radius 2 is 1.73 bits per heavy atom. The van der Waals surface area contributed by atoms with E-state index in [0.717, 1.165) is 29.4 Å². The lowest BCUT2D eigenvalue weighted by atomic mass is 10.0. The van der Waals surface area contributed by atoms with Crippen molar-refractivity contribution in [3.8, 4) is 22.5 Å². The molecule has 1 aliphatic rings. The lowest BCUT2D eigenvalue weighted by Gasteiger charge is -2.13. The van der Waals surface area contributed by atoms with E-state index in [0.29, 0.717) is 45.1 Å². The second-order valence-electron chi connectivity index (χ2n) is 9.33. The van der Waals surface area contributed by atoms with Crippen LogP contribution in [0.25, 0.3) is 44.6 Å². The summed E-state index contributed by atoms with van der Waals surface area (Å²) in [4.78, 5) is 30.3. The molecule has 7 nitrogen and oxygen atoms in total. The molecule has 3 aromatic heterocycles. The summed E-state index contributed by atoms with van der Waals surface area (Å²) in [5.74, 6) is 1.39. The van der Waals surface area contributed by atoms with Crippen molar-refractivity contribution in [3.05, 3.63) is 82.1 Å². The lowest BCUT2D eigenvalue weighted by Crippen LogP contribution is -2.17. The molecule has 0 radical (unpaired) electrons. The number of hydrogen-bond donors (Lipinski definition) is 2. The Morgan fingerprint density at radius 1 is 0.946 bits per heavy atom. The molecule has 1 aliphatic carbocycles. The van der Waals surface area contributed by atoms with Gasteiger partial charge in [0.25, 0.3) is 0 Å². The molecule has 37 heavy (non-hydrogen) atoms. The zero-order valence-corrected chi connectivity index (χ0v) is 21.5. The molecule has 1 fully saturated rings. The fourth-order valence-electron chi connectivity index (χ4n) is 4.95. The zero-order chi connectivity index (χ0) is 25.4. The van der Waals surface area contributed by atoms with Gasteiger partial charge in [-0.3, -0.25) is 14.5 Å². The number of H-pyrrole nitrogens is 1. The molecule has 3 heterocycles. The molecule has 186 valence electrons. The Hall–Kier alpha value is -3.62. The van der Waals surface area contributed by atoms with Crippen molar-refractivity contribution in [2.75, 3.05) is 10.5 Å². The van der Waals surface area contributed by atoms with Gasteiger partial charge in [0.15, 0.2) is 11.2 Å². The zero-order valence-electron chi connectivity index (χ0n) is 19.9. The molecule has 6 rings (SSSR count). The molecule has 5 aromatic rings. The minimum Gasteiger partial charge on any atom is -0.324 e. The van der Waals surface area contributed by atoms with Gasteiger partial charge in [0.05, 0.1) is 21.9 Å². The summed E-state index contributed by atoms with van der Waals surface area (Å²) in [5, 5.41) is 1.36. The van der Waals surface area contributed by atoms with E-state index < -0.39 is 11.0 Å². The van der Waals surface area contributed by atoms with Crippen LogP contribution in [-0.2, 0) is 11.0 Å². The first-order valence-corrected chi connectivity index (χ1v) is 13.9. The molecule has 0 amide bonds. The maximum absolute atomic E-state index is 13.1. The van der Waals surface area contributed by atoms with E-state index in [-0.39, 0.29) is 10.9 Å². The van der Waals surface area contributed by atoms with Crippen LogP contribution >= 0.6 is 11.6 Å². The van der Waals surface area contributed by atoms with Crippen LogP contribution < -0.4 is 10.2 Å². The van der Waals surface area contributed by atoms with Crippen LogP contribution in [-0.4, -0.2) is 29.9 Å². The third kappa shape index (κ3) is 4.86. The molecular weight excluding hydrogens is 506 g/mol. The third-order valence-corrected chi connectivity index (χ3v) is 8.23. The number of nitrogens with one attached hydrogen (secondary N) is 2. The second-order valence-corrected chi connectivity index (χ2v) is 11.0. The van der Waals surface area contributed by atoms with Crippen LogP contribution in [0, 0.1) is 5.92 Å². The van der Waals surface area contributed by atoms with Crippen LogP contribution in [0.4, 0.5) is 5.82 Å². The van der Waals surface area contributed by atoms with Crippen molar-refractivity contribution in [1.82, 2.24) is 19.9 Å². The van der Waals surface area contributed by atoms with Gasteiger partial charge in [-0.2, -0.15) is 0 Å². The summed E-state index contributed by atoms with van der Waals surface area (Å²) in [7, 11) is -1.29. The van der Waals surface area contributed by atoms with Crippen LogP contribution in [0.3, 0.4) is 0 Å². The van der Waals surface area contributed by atoms with E-state index in [1.165, 1.54) is 18.9 Å². The van der Waals surface area contributed by atoms with Crippen LogP contribution in [0.15, 0.2) is 71.7 Å². The van der Waals surface area contributed by atoms with E-state index in [4.69, 9.17) is 21.6 Å². The Kier molecular flexibility index (Phi) is 6.44. The van der Waals surface area contributed by atoms with Crippen molar-refractivity contribution in [2.24, 2.45) is 5.92 Å². The van der Waals surface area contributed by atoms with Gasteiger partial charge >= 0.3 is 0 Å². The number of aromatic amines is 1. The molecule has 2 N–H and O–H groups in total. The van der Waals surface area contributed by atoms with Crippen LogP contribution in [0.2, 0.25) is 5.02 Å². The van der Waals surface area contributed by atoms with E-state index in [1.807, 2.05) is 48.5 Å². The van der Waals surface area contributed by atoms with Gasteiger partial charge in [-0.25, -0.2) is 14.2 Å². The van der Waals surface area contributed by atoms with Gasteiger partial charge in [0.1, 0.15) is 16.8 Å². The summed E-state index contributed by atoms with van der Waals surface area (Å²) in [6.07, 6.45) is 6.28. The average Bonchev–Trinajstić information content (AvgIpc) is 3.41. The number of anilines is 1. The van der Waals surface area contributed by atoms with E-state index in [1.54, 1.807) is 12.3 Å². The molecule has 0 spiro atoms. The first-order valence-electron chi connectivity index (χ1n) is 12.3. The highest BCUT2D eigenvalue weighted by atomic mass is 35.5. The van der Waals surface area contributed by atoms with Gasteiger partial charge in [-0.05, 0) is 37.0 Å². The minimum atomic E-state index is -1.29. The predicted molar refractivity (Wildman–Crippen MR) is 150 cm³/mol. The highest BCUT2D eigenvalue weighted by Crippen LogP contribution is 2.34. The number of nitrogens with zero attached hydrogens (tertiary/aromatic N) is 3. The second kappa shape index (κ2) is 10.0. The predicted octanol–water partition coefficient (Wildman–Crippen LogP) is 6.12. The van der Waals surface area contributed by atoms with Gasteiger partial charge in [0, 0.05) is 34.5 Å². The Morgan fingerprint density at radius 3 is 2.54 bits per heavy atom. The molecule has 0 saturated heterocycles. The van der Waals surface area contributed by atoms with E-state index in [9.17, 15) is 9.00 Å². The smallest absolute Gasteiger partial charge is 0.211 e. The quantitative estimate of drug-likeness (QED) is 0.276. The average molecular weight is 530 g/mol. The SMILES string of the molecule is O=c1cc(NS(=O)CC2CCCC2)[nH]c2nc(-c3ccccc3)c(-c3cc(Cl)c4ncccc4c3)nc12. The number of aromatic nitrogens is 4. The van der Waals surface area contributed by atoms with E-state index >= 15 is 0 Å². The van der Waals surface area contributed by atoms with Crippen molar-refractivity contribution in [3.63, 3.8) is 0 Å². The molecule has 1 atom stereocenters. The highest BCUT2D eigenvalue weighted by molar-refractivity contribution is 7.86. The van der Waals surface area contributed by atoms with Gasteiger partial charge in [-0.1, -0.05) is 60.8 Å². The maximum atomic E-state index is 13.1. The number of benzene rings is 2. The molecule has 9 heteroatoms. The summed E-state index contributed by atoms with van der Waals surface area (Å²) >= 11 is 6.57. The fourth-order valence-corrected chi connectivity index (χ4v) is 6.43. The normalized spacial score (nSPS) is 14.8. The molecular formula is C28H24ClN5O2S.